The summed E-state index contributed by atoms with van der Waals surface area (Å²) >= 11 is 0. The van der Waals surface area contributed by atoms with E-state index in [1.54, 1.807) is 35.2 Å². The van der Waals surface area contributed by atoms with Crippen LogP contribution in [0.25, 0.3) is 16.8 Å². The minimum atomic E-state index is -3.27. The molecule has 0 bridgehead atoms. The molecule has 2 N–H and O–H groups in total. The molecule has 1 aliphatic heterocycles. The van der Waals surface area contributed by atoms with E-state index in [0.717, 1.165) is 11.1 Å². The number of nitrogens with zero attached hydrogens (tertiary/aromatic N) is 4. The van der Waals surface area contributed by atoms with Crippen LogP contribution in [-0.4, -0.2) is 64.9 Å². The first kappa shape index (κ1) is 29.6. The molecular formula is C31H35F2N5O4S. The van der Waals surface area contributed by atoms with Gasteiger partial charge in [-0.25, -0.2) is 26.7 Å². The lowest BCUT2D eigenvalue weighted by Crippen LogP contribution is -2.48. The SMILES string of the molecule is C[C@H]1C[C@@H](c2ccncc2Cc2ncc3ccc(-c4c(F)cc(OC5CCOCC5)cc4F)nn23)C[C@@H](N)[C@H]1S(C)(=O)=O. The molecule has 0 radical (unpaired) electrons. The zero-order chi connectivity index (χ0) is 30.3. The van der Waals surface area contributed by atoms with E-state index in [1.807, 2.05) is 13.0 Å². The second-order valence-electron chi connectivity index (χ2n) is 11.8. The van der Waals surface area contributed by atoms with Crippen LogP contribution < -0.4 is 10.5 Å². The van der Waals surface area contributed by atoms with Crippen LogP contribution in [0.15, 0.2) is 48.9 Å². The third-order valence-electron chi connectivity index (χ3n) is 8.62. The highest BCUT2D eigenvalue weighted by molar-refractivity contribution is 7.91. The monoisotopic (exact) mass is 611 g/mol. The molecule has 6 rings (SSSR count). The first-order valence-electron chi connectivity index (χ1n) is 14.5. The molecule has 1 aliphatic carbocycles. The fourth-order valence-corrected chi connectivity index (χ4v) is 8.45. The molecule has 1 saturated heterocycles. The van der Waals surface area contributed by atoms with Crippen molar-refractivity contribution in [2.45, 2.75) is 62.3 Å². The van der Waals surface area contributed by atoms with Crippen molar-refractivity contribution in [1.82, 2.24) is 19.6 Å². The van der Waals surface area contributed by atoms with Gasteiger partial charge in [0.05, 0.1) is 41.4 Å². The van der Waals surface area contributed by atoms with E-state index in [9.17, 15) is 8.42 Å². The lowest BCUT2D eigenvalue weighted by Gasteiger charge is -2.38. The highest BCUT2D eigenvalue weighted by Gasteiger charge is 2.40. The average molecular weight is 612 g/mol. The number of halogens is 2. The third kappa shape index (κ3) is 6.13. The fraction of sp³-hybridized carbons (Fsp3) is 0.452. The molecule has 4 atom stereocenters. The predicted octanol–water partition coefficient (Wildman–Crippen LogP) is 4.47. The predicted molar refractivity (Wildman–Crippen MR) is 158 cm³/mol. The van der Waals surface area contributed by atoms with Crippen molar-refractivity contribution in [3.8, 4) is 17.0 Å². The largest absolute Gasteiger partial charge is 0.490 e. The summed E-state index contributed by atoms with van der Waals surface area (Å²) in [7, 11) is -3.27. The Hall–Kier alpha value is -3.48. The maximum Gasteiger partial charge on any atom is 0.152 e. The van der Waals surface area contributed by atoms with E-state index in [0.29, 0.717) is 56.7 Å². The summed E-state index contributed by atoms with van der Waals surface area (Å²) in [6.07, 6.45) is 9.18. The molecule has 12 heteroatoms. The van der Waals surface area contributed by atoms with Crippen LogP contribution in [0.5, 0.6) is 5.75 Å². The van der Waals surface area contributed by atoms with Crippen molar-refractivity contribution >= 4 is 15.4 Å². The van der Waals surface area contributed by atoms with E-state index in [-0.39, 0.29) is 34.9 Å². The first-order chi connectivity index (χ1) is 20.6. The van der Waals surface area contributed by atoms with Crippen molar-refractivity contribution in [2.75, 3.05) is 19.5 Å². The van der Waals surface area contributed by atoms with Gasteiger partial charge in [0.1, 0.15) is 29.3 Å². The minimum Gasteiger partial charge on any atom is -0.490 e. The van der Waals surface area contributed by atoms with Crippen LogP contribution in [0, 0.1) is 17.6 Å². The van der Waals surface area contributed by atoms with Crippen LogP contribution >= 0.6 is 0 Å². The molecule has 9 nitrogen and oxygen atoms in total. The number of ether oxygens (including phenoxy) is 2. The number of benzene rings is 1. The topological polar surface area (TPSA) is 122 Å². The Morgan fingerprint density at radius 1 is 1.09 bits per heavy atom. The summed E-state index contributed by atoms with van der Waals surface area (Å²) in [6, 6.07) is 7.16. The Balaban J connectivity index is 1.27. The summed E-state index contributed by atoms with van der Waals surface area (Å²) in [5, 5.41) is 4.01. The minimum absolute atomic E-state index is 0.0563. The van der Waals surface area contributed by atoms with E-state index >= 15 is 8.78 Å². The zero-order valence-corrected chi connectivity index (χ0v) is 24.9. The molecule has 0 unspecified atom stereocenters. The number of fused-ring (bicyclic) bond motifs is 1. The van der Waals surface area contributed by atoms with E-state index in [1.165, 1.54) is 18.4 Å². The molecule has 1 aromatic carbocycles. The van der Waals surface area contributed by atoms with E-state index in [4.69, 9.17) is 15.2 Å². The van der Waals surface area contributed by atoms with Crippen molar-refractivity contribution < 1.29 is 26.7 Å². The first-order valence-corrected chi connectivity index (χ1v) is 16.5. The molecule has 0 amide bonds. The van der Waals surface area contributed by atoms with Gasteiger partial charge in [0.15, 0.2) is 9.84 Å². The molecule has 1 saturated carbocycles. The van der Waals surface area contributed by atoms with Gasteiger partial charge in [-0.3, -0.25) is 4.98 Å². The molecule has 3 aromatic heterocycles. The average Bonchev–Trinajstić information content (AvgIpc) is 3.34. The van der Waals surface area contributed by atoms with Crippen LogP contribution in [0.3, 0.4) is 0 Å². The Labute approximate surface area is 249 Å². The number of aromatic nitrogens is 4. The fourth-order valence-electron chi connectivity index (χ4n) is 6.75. The van der Waals surface area contributed by atoms with Crippen LogP contribution in [-0.2, 0) is 21.0 Å². The van der Waals surface area contributed by atoms with Crippen LogP contribution in [0.4, 0.5) is 8.78 Å². The van der Waals surface area contributed by atoms with Crippen molar-refractivity contribution in [3.63, 3.8) is 0 Å². The summed E-state index contributed by atoms with van der Waals surface area (Å²) < 4.78 is 68.0. The Morgan fingerprint density at radius 3 is 2.53 bits per heavy atom. The Bertz CT molecular complexity index is 1710. The van der Waals surface area contributed by atoms with Gasteiger partial charge in [0.25, 0.3) is 0 Å². The lowest BCUT2D eigenvalue weighted by molar-refractivity contribution is 0.0253. The summed E-state index contributed by atoms with van der Waals surface area (Å²) in [5.74, 6) is -0.854. The van der Waals surface area contributed by atoms with E-state index in [2.05, 4.69) is 15.1 Å². The van der Waals surface area contributed by atoms with Crippen molar-refractivity contribution in [1.29, 1.82) is 0 Å². The summed E-state index contributed by atoms with van der Waals surface area (Å²) in [4.78, 5) is 8.89. The second-order valence-corrected chi connectivity index (χ2v) is 14.0. The van der Waals surface area contributed by atoms with E-state index < -0.39 is 32.8 Å². The molecule has 43 heavy (non-hydrogen) atoms. The maximum absolute atomic E-state index is 15.3. The molecule has 4 aromatic rings. The van der Waals surface area contributed by atoms with Crippen LogP contribution in [0.2, 0.25) is 0 Å². The number of hydrogen-bond acceptors (Lipinski definition) is 8. The molecule has 4 heterocycles. The Morgan fingerprint density at radius 2 is 1.84 bits per heavy atom. The van der Waals surface area contributed by atoms with Gasteiger partial charge in [-0.15, -0.1) is 0 Å². The molecular weight excluding hydrogens is 576 g/mol. The maximum atomic E-state index is 15.3. The quantitative estimate of drug-likeness (QED) is 0.325. The van der Waals surface area contributed by atoms with Gasteiger partial charge in [0.2, 0.25) is 0 Å². The smallest absolute Gasteiger partial charge is 0.152 e. The summed E-state index contributed by atoms with van der Waals surface area (Å²) in [5.41, 5.74) is 8.91. The van der Waals surface area contributed by atoms with Gasteiger partial charge >= 0.3 is 0 Å². The standard InChI is InChI=1S/C31H35F2N5O4S/c1-18-11-19(12-27(34)31(18)43(2,39)40)24-5-8-35-16-20(24)13-29-36-17-21-3-4-28(37-38(21)29)30-25(32)14-23(15-26(30)33)42-22-6-9-41-10-7-22/h3-5,8,14-19,22,27,31H,6-7,9-13,34H2,1-2H3/t18-,19+,27+,31-/m0/s1. The number of imidazole rings is 1. The molecule has 2 aliphatic rings. The lowest BCUT2D eigenvalue weighted by atomic mass is 9.75. The van der Waals surface area contributed by atoms with Crippen LogP contribution in [0.1, 0.15) is 55.5 Å². The van der Waals surface area contributed by atoms with Gasteiger partial charge in [-0.2, -0.15) is 5.10 Å². The number of sulfone groups is 1. The Kier molecular flexibility index (Phi) is 8.18. The summed E-state index contributed by atoms with van der Waals surface area (Å²) in [6.45, 7) is 3.05. The highest BCUT2D eigenvalue weighted by atomic mass is 32.2. The molecule has 228 valence electrons. The highest BCUT2D eigenvalue weighted by Crippen LogP contribution is 2.40. The van der Waals surface area contributed by atoms with Crippen molar-refractivity contribution in [2.24, 2.45) is 11.7 Å². The molecule has 2 fully saturated rings. The van der Waals surface area contributed by atoms with Gasteiger partial charge in [0, 0.05) is 56.1 Å². The third-order valence-corrected chi connectivity index (χ3v) is 10.4. The number of rotatable bonds is 7. The normalized spacial score (nSPS) is 23.5. The van der Waals surface area contributed by atoms with Gasteiger partial charge < -0.3 is 15.2 Å². The second kappa shape index (κ2) is 11.9. The van der Waals surface area contributed by atoms with Gasteiger partial charge in [-0.1, -0.05) is 6.92 Å². The molecule has 0 spiro atoms. The number of nitrogens with two attached hydrogens (primary N) is 1. The van der Waals surface area contributed by atoms with Gasteiger partial charge in [-0.05, 0) is 54.0 Å². The number of pyridine rings is 1. The zero-order valence-electron chi connectivity index (χ0n) is 24.1. The van der Waals surface area contributed by atoms with Crippen molar-refractivity contribution in [3.05, 3.63) is 77.5 Å². The number of hydrogen-bond donors (Lipinski definition) is 1.